The van der Waals surface area contributed by atoms with Crippen LogP contribution in [0.4, 0.5) is 0 Å². The predicted molar refractivity (Wildman–Crippen MR) is 92.8 cm³/mol. The SMILES string of the molecule is CCNC(Cc1cccc(Cl)c1)Cc1c(Cl)cccc1Cl. The number of benzene rings is 2. The van der Waals surface area contributed by atoms with E-state index in [0.717, 1.165) is 40.0 Å². The molecule has 0 fully saturated rings. The third-order valence-electron chi connectivity index (χ3n) is 3.38. The molecule has 0 aromatic heterocycles. The Labute approximate surface area is 141 Å². The first-order chi connectivity index (χ1) is 10.1. The van der Waals surface area contributed by atoms with Crippen LogP contribution in [-0.2, 0) is 12.8 Å². The summed E-state index contributed by atoms with van der Waals surface area (Å²) in [6.45, 7) is 2.99. The highest BCUT2D eigenvalue weighted by Crippen LogP contribution is 2.26. The minimum atomic E-state index is 0.269. The van der Waals surface area contributed by atoms with E-state index >= 15 is 0 Å². The van der Waals surface area contributed by atoms with Gasteiger partial charge in [0.25, 0.3) is 0 Å². The van der Waals surface area contributed by atoms with E-state index in [9.17, 15) is 0 Å². The van der Waals surface area contributed by atoms with Gasteiger partial charge in [-0.3, -0.25) is 0 Å². The van der Waals surface area contributed by atoms with E-state index < -0.39 is 0 Å². The van der Waals surface area contributed by atoms with Crippen LogP contribution in [0.3, 0.4) is 0 Å². The van der Waals surface area contributed by atoms with Crippen molar-refractivity contribution >= 4 is 34.8 Å². The van der Waals surface area contributed by atoms with Crippen molar-refractivity contribution in [2.75, 3.05) is 6.54 Å². The van der Waals surface area contributed by atoms with Gasteiger partial charge in [-0.05, 0) is 54.8 Å². The molecular weight excluding hydrogens is 325 g/mol. The lowest BCUT2D eigenvalue weighted by atomic mass is 9.99. The van der Waals surface area contributed by atoms with E-state index in [1.165, 1.54) is 5.56 Å². The van der Waals surface area contributed by atoms with Gasteiger partial charge < -0.3 is 5.32 Å². The Kier molecular flexibility index (Phi) is 6.38. The lowest BCUT2D eigenvalue weighted by molar-refractivity contribution is 0.521. The highest BCUT2D eigenvalue weighted by Gasteiger charge is 2.14. The topological polar surface area (TPSA) is 12.0 Å². The van der Waals surface area contributed by atoms with Gasteiger partial charge in [-0.2, -0.15) is 0 Å². The van der Waals surface area contributed by atoms with Crippen LogP contribution in [0.5, 0.6) is 0 Å². The summed E-state index contributed by atoms with van der Waals surface area (Å²) in [6, 6.07) is 13.8. The molecule has 0 aliphatic rings. The molecule has 1 N–H and O–H groups in total. The van der Waals surface area contributed by atoms with Crippen molar-refractivity contribution in [3.8, 4) is 0 Å². The summed E-state index contributed by atoms with van der Waals surface area (Å²) in [7, 11) is 0. The van der Waals surface area contributed by atoms with Gasteiger partial charge in [0.1, 0.15) is 0 Å². The summed E-state index contributed by atoms with van der Waals surface area (Å²) in [5, 5.41) is 5.69. The molecule has 1 nitrogen and oxygen atoms in total. The van der Waals surface area contributed by atoms with E-state index in [-0.39, 0.29) is 6.04 Å². The van der Waals surface area contributed by atoms with E-state index in [2.05, 4.69) is 18.3 Å². The first-order valence-electron chi connectivity index (χ1n) is 7.01. The summed E-state index contributed by atoms with van der Waals surface area (Å²) in [4.78, 5) is 0. The van der Waals surface area contributed by atoms with E-state index in [1.54, 1.807) is 0 Å². The first-order valence-corrected chi connectivity index (χ1v) is 8.14. The first kappa shape index (κ1) is 16.6. The van der Waals surface area contributed by atoms with Crippen molar-refractivity contribution in [3.63, 3.8) is 0 Å². The summed E-state index contributed by atoms with van der Waals surface area (Å²) in [6.07, 6.45) is 1.68. The molecule has 21 heavy (non-hydrogen) atoms. The average Bonchev–Trinajstić information content (AvgIpc) is 2.43. The second-order valence-electron chi connectivity index (χ2n) is 4.99. The van der Waals surface area contributed by atoms with Crippen LogP contribution >= 0.6 is 34.8 Å². The van der Waals surface area contributed by atoms with Gasteiger partial charge in [0, 0.05) is 21.1 Å². The second kappa shape index (κ2) is 8.05. The van der Waals surface area contributed by atoms with E-state index in [0.29, 0.717) is 0 Å². The molecule has 4 heteroatoms. The molecule has 0 amide bonds. The number of nitrogens with one attached hydrogen (secondary N) is 1. The minimum Gasteiger partial charge on any atom is -0.314 e. The molecule has 0 heterocycles. The van der Waals surface area contributed by atoms with Crippen LogP contribution in [0.1, 0.15) is 18.1 Å². The fourth-order valence-electron chi connectivity index (χ4n) is 2.43. The third kappa shape index (κ3) is 4.89. The van der Waals surface area contributed by atoms with Crippen LogP contribution in [0.2, 0.25) is 15.1 Å². The molecule has 0 bridgehead atoms. The monoisotopic (exact) mass is 341 g/mol. The highest BCUT2D eigenvalue weighted by molar-refractivity contribution is 6.36. The molecular formula is C17H18Cl3N. The van der Waals surface area contributed by atoms with Gasteiger partial charge in [-0.1, -0.05) is 59.9 Å². The molecule has 2 rings (SSSR count). The Balaban J connectivity index is 2.16. The maximum atomic E-state index is 6.27. The Morgan fingerprint density at radius 3 is 2.24 bits per heavy atom. The molecule has 2 aromatic rings. The lowest BCUT2D eigenvalue weighted by Crippen LogP contribution is -2.33. The largest absolute Gasteiger partial charge is 0.314 e. The standard InChI is InChI=1S/C17H18Cl3N/c1-2-21-14(10-12-5-3-6-13(18)9-12)11-15-16(19)7-4-8-17(15)20/h3-9,14,21H,2,10-11H2,1H3. The molecule has 0 radical (unpaired) electrons. The number of hydrogen-bond acceptors (Lipinski definition) is 1. The summed E-state index contributed by atoms with van der Waals surface area (Å²) in [5.74, 6) is 0. The number of halogens is 3. The Morgan fingerprint density at radius 1 is 0.952 bits per heavy atom. The van der Waals surface area contributed by atoms with Gasteiger partial charge in [0.15, 0.2) is 0 Å². The summed E-state index contributed by atoms with van der Waals surface area (Å²) in [5.41, 5.74) is 2.20. The molecule has 1 unspecified atom stereocenters. The van der Waals surface area contributed by atoms with E-state index in [1.807, 2.05) is 36.4 Å². The zero-order valence-electron chi connectivity index (χ0n) is 11.9. The number of rotatable bonds is 6. The van der Waals surface area contributed by atoms with Gasteiger partial charge in [-0.25, -0.2) is 0 Å². The predicted octanol–water partition coefficient (Wildman–Crippen LogP) is 5.41. The molecule has 0 aliphatic carbocycles. The molecule has 0 aliphatic heterocycles. The van der Waals surface area contributed by atoms with Gasteiger partial charge >= 0.3 is 0 Å². The maximum absolute atomic E-state index is 6.27. The van der Waals surface area contributed by atoms with Crippen LogP contribution in [0, 0.1) is 0 Å². The second-order valence-corrected chi connectivity index (χ2v) is 6.24. The zero-order chi connectivity index (χ0) is 15.2. The maximum Gasteiger partial charge on any atom is 0.0453 e. The molecule has 112 valence electrons. The van der Waals surface area contributed by atoms with Crippen molar-refractivity contribution in [1.29, 1.82) is 0 Å². The molecule has 0 spiro atoms. The molecule has 0 saturated carbocycles. The fourth-order valence-corrected chi connectivity index (χ4v) is 3.19. The molecule has 1 atom stereocenters. The van der Waals surface area contributed by atoms with Crippen molar-refractivity contribution in [3.05, 3.63) is 68.7 Å². The Morgan fingerprint density at radius 2 is 1.62 bits per heavy atom. The molecule has 2 aromatic carbocycles. The van der Waals surface area contributed by atoms with Gasteiger partial charge in [0.2, 0.25) is 0 Å². The van der Waals surface area contributed by atoms with Crippen LogP contribution in [0.25, 0.3) is 0 Å². The lowest BCUT2D eigenvalue weighted by Gasteiger charge is -2.19. The van der Waals surface area contributed by atoms with Crippen molar-refractivity contribution in [1.82, 2.24) is 5.32 Å². The highest BCUT2D eigenvalue weighted by atomic mass is 35.5. The normalized spacial score (nSPS) is 12.4. The van der Waals surface area contributed by atoms with Crippen molar-refractivity contribution in [2.24, 2.45) is 0 Å². The minimum absolute atomic E-state index is 0.269. The van der Waals surface area contributed by atoms with Crippen LogP contribution in [-0.4, -0.2) is 12.6 Å². The quantitative estimate of drug-likeness (QED) is 0.740. The Hall–Kier alpha value is -0.730. The van der Waals surface area contributed by atoms with Crippen molar-refractivity contribution < 1.29 is 0 Å². The number of hydrogen-bond donors (Lipinski definition) is 1. The zero-order valence-corrected chi connectivity index (χ0v) is 14.1. The summed E-state index contributed by atoms with van der Waals surface area (Å²) >= 11 is 18.6. The smallest absolute Gasteiger partial charge is 0.0453 e. The molecule has 0 saturated heterocycles. The van der Waals surface area contributed by atoms with Gasteiger partial charge in [-0.15, -0.1) is 0 Å². The number of likely N-dealkylation sites (N-methyl/N-ethyl adjacent to an activating group) is 1. The Bertz CT molecular complexity index is 578. The van der Waals surface area contributed by atoms with Gasteiger partial charge in [0.05, 0.1) is 0 Å². The third-order valence-corrected chi connectivity index (χ3v) is 4.32. The van der Waals surface area contributed by atoms with Crippen LogP contribution < -0.4 is 5.32 Å². The van der Waals surface area contributed by atoms with Crippen LogP contribution in [0.15, 0.2) is 42.5 Å². The summed E-state index contributed by atoms with van der Waals surface area (Å²) < 4.78 is 0. The van der Waals surface area contributed by atoms with E-state index in [4.69, 9.17) is 34.8 Å². The van der Waals surface area contributed by atoms with Crippen molar-refractivity contribution in [2.45, 2.75) is 25.8 Å². The average molecular weight is 343 g/mol. The fraction of sp³-hybridized carbons (Fsp3) is 0.294.